The summed E-state index contributed by atoms with van der Waals surface area (Å²) in [5, 5.41) is 20.4. The summed E-state index contributed by atoms with van der Waals surface area (Å²) in [5.41, 5.74) is 5.32. The molecule has 24 heavy (non-hydrogen) atoms. The number of aromatic nitrogens is 3. The number of anilines is 2. The number of benzene rings is 1. The molecule has 0 aliphatic carbocycles. The van der Waals surface area contributed by atoms with Gasteiger partial charge in [-0.05, 0) is 25.6 Å². The molecule has 0 aliphatic heterocycles. The van der Waals surface area contributed by atoms with Gasteiger partial charge in [-0.3, -0.25) is 15.2 Å². The molecule has 1 heterocycles. The van der Waals surface area contributed by atoms with Crippen molar-refractivity contribution in [3.63, 3.8) is 0 Å². The van der Waals surface area contributed by atoms with E-state index in [9.17, 15) is 18.5 Å². The maximum atomic E-state index is 11.7. The molecule has 0 unspecified atom stereocenters. The third kappa shape index (κ3) is 4.17. The number of hydrogen-bond acceptors (Lipinski definition) is 8. The molecule has 12 heteroatoms. The molecular formula is C12H17N7O4S. The molecule has 0 amide bonds. The number of H-pyrrole nitrogens is 1. The molecule has 2 aromatic rings. The van der Waals surface area contributed by atoms with Crippen molar-refractivity contribution in [3.8, 4) is 0 Å². The molecule has 0 radical (unpaired) electrons. The van der Waals surface area contributed by atoms with Crippen molar-refractivity contribution in [2.45, 2.75) is 17.7 Å². The van der Waals surface area contributed by atoms with Crippen LogP contribution in [0.4, 0.5) is 17.3 Å². The Balaban J connectivity index is 2.05. The van der Waals surface area contributed by atoms with Gasteiger partial charge >= 0.3 is 0 Å². The van der Waals surface area contributed by atoms with Gasteiger partial charge in [-0.2, -0.15) is 4.98 Å². The van der Waals surface area contributed by atoms with Crippen molar-refractivity contribution >= 4 is 27.3 Å². The van der Waals surface area contributed by atoms with Crippen LogP contribution in [0.15, 0.2) is 23.1 Å². The minimum absolute atomic E-state index is 0.162. The summed E-state index contributed by atoms with van der Waals surface area (Å²) in [6, 6.07) is 3.69. The quantitative estimate of drug-likeness (QED) is 0.296. The zero-order valence-electron chi connectivity index (χ0n) is 12.8. The van der Waals surface area contributed by atoms with Crippen LogP contribution in [0.25, 0.3) is 0 Å². The Kier molecular flexibility index (Phi) is 5.31. The first-order valence-electron chi connectivity index (χ1n) is 6.96. The number of rotatable bonds is 8. The maximum Gasteiger partial charge on any atom is 0.293 e. The monoisotopic (exact) mass is 355 g/mol. The first-order chi connectivity index (χ1) is 11.3. The highest BCUT2D eigenvalue weighted by Gasteiger charge is 2.20. The number of nitrogens with one attached hydrogen (secondary N) is 3. The molecule has 0 saturated heterocycles. The number of sulfonamides is 1. The van der Waals surface area contributed by atoms with Crippen LogP contribution in [0.2, 0.25) is 0 Å². The average molecular weight is 355 g/mol. The zero-order chi connectivity index (χ0) is 17.7. The molecular weight excluding hydrogens is 338 g/mol. The van der Waals surface area contributed by atoms with E-state index in [4.69, 9.17) is 5.73 Å². The largest absolute Gasteiger partial charge is 0.379 e. The van der Waals surface area contributed by atoms with Gasteiger partial charge in [-0.25, -0.2) is 13.1 Å². The van der Waals surface area contributed by atoms with Gasteiger partial charge in [0.25, 0.3) is 5.69 Å². The second-order valence-electron chi connectivity index (χ2n) is 4.81. The Morgan fingerprint density at radius 1 is 1.42 bits per heavy atom. The lowest BCUT2D eigenvalue weighted by atomic mass is 10.2. The normalized spacial score (nSPS) is 11.4. The number of nitro benzene ring substituents is 1. The van der Waals surface area contributed by atoms with Crippen LogP contribution in [0, 0.1) is 10.1 Å². The number of nitro groups is 1. The van der Waals surface area contributed by atoms with E-state index in [0.29, 0.717) is 25.2 Å². The van der Waals surface area contributed by atoms with Gasteiger partial charge in [-0.1, -0.05) is 0 Å². The van der Waals surface area contributed by atoms with E-state index in [1.807, 2.05) is 0 Å². The van der Waals surface area contributed by atoms with E-state index < -0.39 is 14.9 Å². The molecule has 130 valence electrons. The molecule has 0 fully saturated rings. The standard InChI is InChI=1S/C12H17N7O4S/c1-14-24(22,23)8-4-5-9(10(7-8)19(20)21)15-6-2-3-11-16-12(13)18-17-11/h4-5,7,14-15H,2-3,6H2,1H3,(H3,13,16,17,18). The van der Waals surface area contributed by atoms with Crippen LogP contribution < -0.4 is 15.8 Å². The smallest absolute Gasteiger partial charge is 0.293 e. The van der Waals surface area contributed by atoms with Gasteiger partial charge in [0.2, 0.25) is 16.0 Å². The number of aryl methyl sites for hydroxylation is 1. The van der Waals surface area contributed by atoms with Crippen LogP contribution in [-0.2, 0) is 16.4 Å². The van der Waals surface area contributed by atoms with E-state index in [0.717, 1.165) is 6.07 Å². The summed E-state index contributed by atoms with van der Waals surface area (Å²) in [6.45, 7) is 0.430. The molecule has 2 rings (SSSR count). The third-order valence-electron chi connectivity index (χ3n) is 3.20. The van der Waals surface area contributed by atoms with Crippen LogP contribution in [-0.4, -0.2) is 42.1 Å². The van der Waals surface area contributed by atoms with E-state index in [1.54, 1.807) is 0 Å². The van der Waals surface area contributed by atoms with Crippen LogP contribution >= 0.6 is 0 Å². The van der Waals surface area contributed by atoms with Gasteiger partial charge in [0.1, 0.15) is 11.5 Å². The minimum atomic E-state index is -3.74. The highest BCUT2D eigenvalue weighted by Crippen LogP contribution is 2.27. The number of nitrogens with zero attached hydrogens (tertiary/aromatic N) is 3. The molecule has 1 aromatic heterocycles. The lowest BCUT2D eigenvalue weighted by molar-refractivity contribution is -0.384. The molecule has 11 nitrogen and oxygen atoms in total. The van der Waals surface area contributed by atoms with Crippen molar-refractivity contribution < 1.29 is 13.3 Å². The van der Waals surface area contributed by atoms with Gasteiger partial charge in [-0.15, -0.1) is 5.10 Å². The van der Waals surface area contributed by atoms with Crippen molar-refractivity contribution in [2.24, 2.45) is 0 Å². The van der Waals surface area contributed by atoms with Gasteiger partial charge in [0.05, 0.1) is 9.82 Å². The zero-order valence-corrected chi connectivity index (χ0v) is 13.6. The lowest BCUT2D eigenvalue weighted by Gasteiger charge is -2.08. The number of nitrogens with two attached hydrogens (primary N) is 1. The first kappa shape index (κ1) is 17.6. The fourth-order valence-corrected chi connectivity index (χ4v) is 2.75. The Labute approximate surface area is 137 Å². The summed E-state index contributed by atoms with van der Waals surface area (Å²) in [5.74, 6) is 0.786. The maximum absolute atomic E-state index is 11.7. The Bertz CT molecular complexity index is 834. The Morgan fingerprint density at radius 3 is 2.75 bits per heavy atom. The summed E-state index contributed by atoms with van der Waals surface area (Å²) in [7, 11) is -2.50. The molecule has 0 aliphatic rings. The Hall–Kier alpha value is -2.73. The summed E-state index contributed by atoms with van der Waals surface area (Å²) >= 11 is 0. The van der Waals surface area contributed by atoms with E-state index >= 15 is 0 Å². The predicted molar refractivity (Wildman–Crippen MR) is 86.9 cm³/mol. The average Bonchev–Trinajstić information content (AvgIpc) is 2.96. The Morgan fingerprint density at radius 2 is 2.17 bits per heavy atom. The molecule has 1 aromatic carbocycles. The summed E-state index contributed by atoms with van der Waals surface area (Å²) in [4.78, 5) is 14.3. The van der Waals surface area contributed by atoms with Crippen molar-refractivity contribution in [3.05, 3.63) is 34.1 Å². The topological polar surface area (TPSA) is 169 Å². The highest BCUT2D eigenvalue weighted by molar-refractivity contribution is 7.89. The summed E-state index contributed by atoms with van der Waals surface area (Å²) < 4.78 is 25.6. The van der Waals surface area contributed by atoms with Crippen molar-refractivity contribution in [1.82, 2.24) is 19.9 Å². The van der Waals surface area contributed by atoms with E-state index in [1.165, 1.54) is 19.2 Å². The van der Waals surface area contributed by atoms with E-state index in [2.05, 4.69) is 25.2 Å². The second kappa shape index (κ2) is 7.23. The van der Waals surface area contributed by atoms with Crippen LogP contribution in [0.3, 0.4) is 0 Å². The minimum Gasteiger partial charge on any atom is -0.379 e. The summed E-state index contributed by atoms with van der Waals surface area (Å²) in [6.07, 6.45) is 1.19. The number of hydrogen-bond donors (Lipinski definition) is 4. The van der Waals surface area contributed by atoms with Gasteiger partial charge in [0, 0.05) is 19.0 Å². The number of nitrogen functional groups attached to an aromatic ring is 1. The third-order valence-corrected chi connectivity index (χ3v) is 4.61. The molecule has 0 bridgehead atoms. The van der Waals surface area contributed by atoms with Crippen molar-refractivity contribution in [1.29, 1.82) is 0 Å². The van der Waals surface area contributed by atoms with Gasteiger partial charge in [0.15, 0.2) is 0 Å². The lowest BCUT2D eigenvalue weighted by Crippen LogP contribution is -2.18. The molecule has 5 N–H and O–H groups in total. The first-order valence-corrected chi connectivity index (χ1v) is 8.44. The van der Waals surface area contributed by atoms with Crippen LogP contribution in [0.5, 0.6) is 0 Å². The SMILES string of the molecule is CNS(=O)(=O)c1ccc(NCCCc2nc(N)n[nH]2)c([N+](=O)[O-])c1. The van der Waals surface area contributed by atoms with Crippen LogP contribution in [0.1, 0.15) is 12.2 Å². The van der Waals surface area contributed by atoms with E-state index in [-0.39, 0.29) is 22.2 Å². The van der Waals surface area contributed by atoms with Gasteiger partial charge < -0.3 is 11.1 Å². The van der Waals surface area contributed by atoms with Crippen molar-refractivity contribution in [2.75, 3.05) is 24.6 Å². The predicted octanol–water partition coefficient (Wildman–Crippen LogP) is 0.248. The highest BCUT2D eigenvalue weighted by atomic mass is 32.2. The molecule has 0 saturated carbocycles. The second-order valence-corrected chi connectivity index (χ2v) is 6.70. The number of aromatic amines is 1. The fraction of sp³-hybridized carbons (Fsp3) is 0.333. The molecule has 0 spiro atoms. The fourth-order valence-electron chi connectivity index (χ4n) is 2.00. The molecule has 0 atom stereocenters.